The van der Waals surface area contributed by atoms with Crippen molar-refractivity contribution in [1.82, 2.24) is 20.2 Å². The smallest absolute Gasteiger partial charge is 0.151 e. The summed E-state index contributed by atoms with van der Waals surface area (Å²) in [5.74, 6) is 2.17. The molecule has 4 heterocycles. The maximum absolute atomic E-state index is 5.55. The van der Waals surface area contributed by atoms with Crippen LogP contribution in [0.4, 0.5) is 0 Å². The third kappa shape index (κ3) is 3.35. The second kappa shape index (κ2) is 6.80. The summed E-state index contributed by atoms with van der Waals surface area (Å²) in [6.07, 6.45) is 5.77. The van der Waals surface area contributed by atoms with Crippen molar-refractivity contribution in [2.75, 3.05) is 6.54 Å². The van der Waals surface area contributed by atoms with Gasteiger partial charge in [-0.1, -0.05) is 24.2 Å². The van der Waals surface area contributed by atoms with Crippen molar-refractivity contribution < 1.29 is 9.05 Å². The van der Waals surface area contributed by atoms with Crippen LogP contribution < -0.4 is 0 Å². The molecule has 1 saturated heterocycles. The van der Waals surface area contributed by atoms with E-state index >= 15 is 0 Å². The molecule has 1 aliphatic heterocycles. The van der Waals surface area contributed by atoms with Crippen LogP contribution in [0.25, 0.3) is 11.3 Å². The fourth-order valence-electron chi connectivity index (χ4n) is 3.33. The summed E-state index contributed by atoms with van der Waals surface area (Å²) >= 11 is 0. The number of nitrogens with zero attached hydrogens (tertiary/aromatic N) is 4. The van der Waals surface area contributed by atoms with Gasteiger partial charge in [0.1, 0.15) is 17.1 Å². The number of rotatable bonds is 5. The SMILES string of the molecule is CC(C)c1cc([C@H]2CCCN2Cc2cc(-c3ccncc3)no2)no1. The normalized spacial score (nSPS) is 18.3. The van der Waals surface area contributed by atoms with Crippen LogP contribution in [-0.4, -0.2) is 26.7 Å². The van der Waals surface area contributed by atoms with Crippen molar-refractivity contribution in [3.05, 3.63) is 53.9 Å². The minimum absolute atomic E-state index is 0.283. The van der Waals surface area contributed by atoms with Crippen molar-refractivity contribution in [3.63, 3.8) is 0 Å². The van der Waals surface area contributed by atoms with Gasteiger partial charge < -0.3 is 9.05 Å². The molecule has 0 unspecified atom stereocenters. The van der Waals surface area contributed by atoms with Crippen LogP contribution >= 0.6 is 0 Å². The zero-order valence-electron chi connectivity index (χ0n) is 14.6. The van der Waals surface area contributed by atoms with E-state index in [0.717, 1.165) is 54.4 Å². The van der Waals surface area contributed by atoms with E-state index in [9.17, 15) is 0 Å². The van der Waals surface area contributed by atoms with Gasteiger partial charge in [-0.05, 0) is 31.5 Å². The van der Waals surface area contributed by atoms with Crippen LogP contribution in [0, 0.1) is 0 Å². The van der Waals surface area contributed by atoms with E-state index in [1.165, 1.54) is 0 Å². The summed E-state index contributed by atoms with van der Waals surface area (Å²) in [5, 5.41) is 8.48. The summed E-state index contributed by atoms with van der Waals surface area (Å²) in [6, 6.07) is 8.25. The molecule has 0 saturated carbocycles. The molecule has 0 amide bonds. The van der Waals surface area contributed by atoms with Crippen molar-refractivity contribution in [3.8, 4) is 11.3 Å². The maximum atomic E-state index is 5.55. The Morgan fingerprint density at radius 2 is 2.00 bits per heavy atom. The Bertz CT molecular complexity index is 825. The highest BCUT2D eigenvalue weighted by Crippen LogP contribution is 2.34. The molecular weight excluding hydrogens is 316 g/mol. The maximum Gasteiger partial charge on any atom is 0.151 e. The van der Waals surface area contributed by atoms with E-state index in [0.29, 0.717) is 5.92 Å². The first-order chi connectivity index (χ1) is 12.2. The van der Waals surface area contributed by atoms with Crippen LogP contribution in [0.1, 0.15) is 55.9 Å². The van der Waals surface area contributed by atoms with Gasteiger partial charge in [-0.25, -0.2) is 0 Å². The predicted octanol–water partition coefficient (Wildman–Crippen LogP) is 4.19. The Morgan fingerprint density at radius 1 is 1.16 bits per heavy atom. The monoisotopic (exact) mass is 338 g/mol. The Hall–Kier alpha value is -2.47. The van der Waals surface area contributed by atoms with Gasteiger partial charge in [-0.2, -0.15) is 0 Å². The second-order valence-electron chi connectivity index (χ2n) is 6.85. The minimum Gasteiger partial charge on any atom is -0.361 e. The van der Waals surface area contributed by atoms with Gasteiger partial charge in [0.05, 0.1) is 12.6 Å². The van der Waals surface area contributed by atoms with Crippen molar-refractivity contribution in [2.24, 2.45) is 0 Å². The third-order valence-electron chi connectivity index (χ3n) is 4.71. The highest BCUT2D eigenvalue weighted by Gasteiger charge is 2.30. The van der Waals surface area contributed by atoms with Crippen molar-refractivity contribution in [1.29, 1.82) is 0 Å². The van der Waals surface area contributed by atoms with Crippen LogP contribution in [0.15, 0.2) is 45.7 Å². The van der Waals surface area contributed by atoms with E-state index in [-0.39, 0.29) is 6.04 Å². The Kier molecular flexibility index (Phi) is 4.36. The lowest BCUT2D eigenvalue weighted by atomic mass is 10.1. The number of likely N-dealkylation sites (tertiary alicyclic amines) is 1. The van der Waals surface area contributed by atoms with Gasteiger partial charge >= 0.3 is 0 Å². The van der Waals surface area contributed by atoms with Crippen LogP contribution in [0.2, 0.25) is 0 Å². The fraction of sp³-hybridized carbons (Fsp3) is 0.421. The zero-order valence-corrected chi connectivity index (χ0v) is 14.6. The number of aromatic nitrogens is 3. The van der Waals surface area contributed by atoms with Gasteiger partial charge in [0.25, 0.3) is 0 Å². The molecule has 3 aromatic rings. The fourth-order valence-corrected chi connectivity index (χ4v) is 3.33. The lowest BCUT2D eigenvalue weighted by Crippen LogP contribution is -2.22. The first-order valence-electron chi connectivity index (χ1n) is 8.77. The van der Waals surface area contributed by atoms with Crippen molar-refractivity contribution in [2.45, 2.75) is 45.2 Å². The molecule has 0 N–H and O–H groups in total. The first kappa shape index (κ1) is 16.0. The summed E-state index contributed by atoms with van der Waals surface area (Å²) in [7, 11) is 0. The summed E-state index contributed by atoms with van der Waals surface area (Å²) in [6.45, 7) is 5.99. The molecule has 0 spiro atoms. The van der Waals surface area contributed by atoms with E-state index in [1.807, 2.05) is 18.2 Å². The van der Waals surface area contributed by atoms with Crippen LogP contribution in [0.3, 0.4) is 0 Å². The van der Waals surface area contributed by atoms with E-state index < -0.39 is 0 Å². The quantitative estimate of drug-likeness (QED) is 0.695. The van der Waals surface area contributed by atoms with Gasteiger partial charge in [0.2, 0.25) is 0 Å². The lowest BCUT2D eigenvalue weighted by Gasteiger charge is -2.20. The van der Waals surface area contributed by atoms with E-state index in [1.54, 1.807) is 12.4 Å². The summed E-state index contributed by atoms with van der Waals surface area (Å²) in [5.41, 5.74) is 2.88. The molecule has 4 rings (SSSR count). The average molecular weight is 338 g/mol. The average Bonchev–Trinajstić information content (AvgIpc) is 3.36. The molecule has 1 atom stereocenters. The molecule has 3 aromatic heterocycles. The van der Waals surface area contributed by atoms with Crippen LogP contribution in [0.5, 0.6) is 0 Å². The molecule has 0 bridgehead atoms. The number of pyridine rings is 1. The number of hydrogen-bond acceptors (Lipinski definition) is 6. The highest BCUT2D eigenvalue weighted by atomic mass is 16.5. The van der Waals surface area contributed by atoms with Crippen LogP contribution in [-0.2, 0) is 6.54 Å². The molecule has 0 aromatic carbocycles. The predicted molar refractivity (Wildman–Crippen MR) is 92.7 cm³/mol. The Labute approximate surface area is 146 Å². The molecule has 1 aliphatic rings. The van der Waals surface area contributed by atoms with Gasteiger partial charge in [-0.15, -0.1) is 0 Å². The molecule has 0 aliphatic carbocycles. The summed E-state index contributed by atoms with van der Waals surface area (Å²) < 4.78 is 11.0. The Morgan fingerprint density at radius 3 is 2.76 bits per heavy atom. The Balaban J connectivity index is 1.49. The molecular formula is C19H22N4O2. The molecule has 0 radical (unpaired) electrons. The van der Waals surface area contributed by atoms with E-state index in [4.69, 9.17) is 9.05 Å². The van der Waals surface area contributed by atoms with Gasteiger partial charge in [0, 0.05) is 36.0 Å². The molecule has 130 valence electrons. The topological polar surface area (TPSA) is 68.2 Å². The first-order valence-corrected chi connectivity index (χ1v) is 8.77. The molecule has 6 heteroatoms. The molecule has 25 heavy (non-hydrogen) atoms. The number of hydrogen-bond donors (Lipinski definition) is 0. The minimum atomic E-state index is 0.283. The van der Waals surface area contributed by atoms with Gasteiger partial charge in [-0.3, -0.25) is 9.88 Å². The lowest BCUT2D eigenvalue weighted by molar-refractivity contribution is 0.209. The second-order valence-corrected chi connectivity index (χ2v) is 6.85. The standard InChI is InChI=1S/C19H22N4O2/c1-13(2)19-11-17(22-25-19)18-4-3-9-23(18)12-15-10-16(21-24-15)14-5-7-20-8-6-14/h5-8,10-11,13,18H,3-4,9,12H2,1-2H3/t18-/m1/s1. The van der Waals surface area contributed by atoms with Crippen molar-refractivity contribution >= 4 is 0 Å². The molecule has 1 fully saturated rings. The largest absolute Gasteiger partial charge is 0.361 e. The van der Waals surface area contributed by atoms with Gasteiger partial charge in [0.15, 0.2) is 5.76 Å². The highest BCUT2D eigenvalue weighted by molar-refractivity contribution is 5.57. The third-order valence-corrected chi connectivity index (χ3v) is 4.71. The molecule has 6 nitrogen and oxygen atoms in total. The zero-order chi connectivity index (χ0) is 17.2. The van der Waals surface area contributed by atoms with E-state index in [2.05, 4.69) is 40.1 Å². The summed E-state index contributed by atoms with van der Waals surface area (Å²) in [4.78, 5) is 6.42.